The molecule has 0 bridgehead atoms. The predicted octanol–water partition coefficient (Wildman–Crippen LogP) is 9.60. The fourth-order valence-corrected chi connectivity index (χ4v) is 15.9. The van der Waals surface area contributed by atoms with E-state index >= 15 is 0 Å². The van der Waals surface area contributed by atoms with E-state index in [2.05, 4.69) is 151 Å². The van der Waals surface area contributed by atoms with Crippen LogP contribution in [0.1, 0.15) is 81.3 Å². The van der Waals surface area contributed by atoms with Crippen LogP contribution in [-0.4, -0.2) is 3.21 Å². The second-order valence-corrected chi connectivity index (χ2v) is 20.6. The summed E-state index contributed by atoms with van der Waals surface area (Å²) in [5.74, 6) is 0. The first-order chi connectivity index (χ1) is 20.1. The molecule has 0 heterocycles. The zero-order valence-corrected chi connectivity index (χ0v) is 28.7. The molecule has 0 aromatic heterocycles. The summed E-state index contributed by atoms with van der Waals surface area (Å²) in [7, 11) is 0. The molecule has 2 aliphatic carbocycles. The molecule has 0 amide bonds. The molecule has 0 N–H and O–H groups in total. The molecule has 0 nitrogen and oxygen atoms in total. The maximum atomic E-state index is 2.51. The Hall–Kier alpha value is -2.89. The molecule has 0 spiro atoms. The van der Waals surface area contributed by atoms with Crippen LogP contribution < -0.4 is 3.27 Å². The number of rotatable bonds is 6. The second-order valence-electron chi connectivity index (χ2n) is 14.2. The summed E-state index contributed by atoms with van der Waals surface area (Å²) >= 11 is -2.58. The van der Waals surface area contributed by atoms with E-state index in [0.717, 1.165) is 25.7 Å². The molecule has 0 radical (unpaired) electrons. The molecular formula is C41H44Zr. The quantitative estimate of drug-likeness (QED) is 0.176. The van der Waals surface area contributed by atoms with Crippen LogP contribution in [0.15, 0.2) is 113 Å². The standard InChI is InChI=1S/C21H25.C15H14.C5H5.Zr/c1-20(2,3)16-7-9-18-14(12-16)11-15-13-17(21(4,5)6)8-10-19(15)18;1-3-8-14(9-4-1)12-7-13-15-10-5-2-6-11-15;1-2-4-5-3-1;/h7-10,12H,11H2,1-6H3;1-6,8-11H,12-13H2;1-3H,4H2;. The van der Waals surface area contributed by atoms with Crippen molar-refractivity contribution in [2.45, 2.75) is 78.1 Å². The van der Waals surface area contributed by atoms with Crippen LogP contribution in [0.25, 0.3) is 11.1 Å². The first kappa shape index (κ1) is 29.2. The molecule has 0 saturated carbocycles. The van der Waals surface area contributed by atoms with Gasteiger partial charge in [0.15, 0.2) is 0 Å². The molecule has 0 atom stereocenters. The Bertz CT molecular complexity index is 1660. The normalized spacial score (nSPS) is 14.0. The Morgan fingerprint density at radius 2 is 1.31 bits per heavy atom. The van der Waals surface area contributed by atoms with Crippen LogP contribution in [0, 0.1) is 0 Å². The Morgan fingerprint density at radius 3 is 1.86 bits per heavy atom. The van der Waals surface area contributed by atoms with Crippen LogP contribution in [0.4, 0.5) is 0 Å². The van der Waals surface area contributed by atoms with Gasteiger partial charge in [-0.15, -0.1) is 0 Å². The fraction of sp³-hybridized carbons (Fsp3) is 0.293. The van der Waals surface area contributed by atoms with Gasteiger partial charge in [-0.3, -0.25) is 0 Å². The third-order valence-electron chi connectivity index (χ3n) is 8.97. The van der Waals surface area contributed by atoms with E-state index in [1.165, 1.54) is 33.4 Å². The number of benzene rings is 4. The molecule has 0 unspecified atom stereocenters. The van der Waals surface area contributed by atoms with Crippen molar-refractivity contribution in [3.8, 4) is 11.1 Å². The SMILES string of the molecule is CC(C)(C)c1ccc2c(c1)Cc1c-2ccc(C(C)(C)C)[c]1[Zr]([C]1=CC=CC1)=[C](Cc1ccccc1)Cc1ccccc1. The predicted molar refractivity (Wildman–Crippen MR) is 179 cm³/mol. The summed E-state index contributed by atoms with van der Waals surface area (Å²) in [6.45, 7) is 14.3. The third kappa shape index (κ3) is 5.96. The van der Waals surface area contributed by atoms with E-state index in [-0.39, 0.29) is 10.8 Å². The average Bonchev–Trinajstić information content (AvgIpc) is 3.61. The zero-order chi connectivity index (χ0) is 29.5. The molecule has 6 rings (SSSR count). The fourth-order valence-electron chi connectivity index (χ4n) is 6.77. The van der Waals surface area contributed by atoms with Crippen LogP contribution in [0.5, 0.6) is 0 Å². The van der Waals surface area contributed by atoms with Gasteiger partial charge in [0.2, 0.25) is 0 Å². The van der Waals surface area contributed by atoms with Gasteiger partial charge in [0.25, 0.3) is 0 Å². The number of hydrogen-bond donors (Lipinski definition) is 0. The van der Waals surface area contributed by atoms with Crippen LogP contribution in [-0.2, 0) is 51.4 Å². The van der Waals surface area contributed by atoms with E-state index in [1.807, 2.05) is 0 Å². The molecule has 212 valence electrons. The van der Waals surface area contributed by atoms with Crippen molar-refractivity contribution in [2.75, 3.05) is 0 Å². The summed E-state index contributed by atoms with van der Waals surface area (Å²) in [6.07, 6.45) is 11.5. The van der Waals surface area contributed by atoms with Crippen molar-refractivity contribution in [2.24, 2.45) is 0 Å². The monoisotopic (exact) mass is 626 g/mol. The summed E-state index contributed by atoms with van der Waals surface area (Å²) in [5, 5.41) is 0. The van der Waals surface area contributed by atoms with Crippen molar-refractivity contribution < 1.29 is 21.3 Å². The van der Waals surface area contributed by atoms with E-state index in [9.17, 15) is 0 Å². The maximum absolute atomic E-state index is 2.58. The van der Waals surface area contributed by atoms with Crippen LogP contribution in [0.2, 0.25) is 0 Å². The zero-order valence-electron chi connectivity index (χ0n) is 26.2. The Morgan fingerprint density at radius 1 is 0.690 bits per heavy atom. The van der Waals surface area contributed by atoms with Gasteiger partial charge in [-0.1, -0.05) is 0 Å². The van der Waals surface area contributed by atoms with Gasteiger partial charge < -0.3 is 0 Å². The topological polar surface area (TPSA) is 0 Å². The molecule has 42 heavy (non-hydrogen) atoms. The van der Waals surface area contributed by atoms with E-state index in [0.29, 0.717) is 0 Å². The van der Waals surface area contributed by atoms with E-state index < -0.39 is 21.3 Å². The van der Waals surface area contributed by atoms with Crippen molar-refractivity contribution in [1.82, 2.24) is 0 Å². The van der Waals surface area contributed by atoms with Crippen LogP contribution in [0.3, 0.4) is 0 Å². The van der Waals surface area contributed by atoms with Gasteiger partial charge in [-0.25, -0.2) is 0 Å². The number of fused-ring (bicyclic) bond motifs is 3. The molecule has 0 fully saturated rings. The first-order valence-electron chi connectivity index (χ1n) is 15.6. The minimum atomic E-state index is -2.58. The summed E-state index contributed by atoms with van der Waals surface area (Å²) in [6, 6.07) is 34.7. The average molecular weight is 628 g/mol. The van der Waals surface area contributed by atoms with Gasteiger partial charge in [0.1, 0.15) is 0 Å². The molecule has 0 aliphatic heterocycles. The first-order valence-corrected chi connectivity index (χ1v) is 19.2. The third-order valence-corrected chi connectivity index (χ3v) is 16.7. The van der Waals surface area contributed by atoms with E-state index in [1.54, 1.807) is 20.9 Å². The van der Waals surface area contributed by atoms with Crippen molar-refractivity contribution in [3.63, 3.8) is 0 Å². The van der Waals surface area contributed by atoms with Gasteiger partial charge >= 0.3 is 263 Å². The summed E-state index contributed by atoms with van der Waals surface area (Å²) < 4.78 is 5.27. The van der Waals surface area contributed by atoms with Crippen molar-refractivity contribution in [3.05, 3.63) is 146 Å². The van der Waals surface area contributed by atoms with Crippen LogP contribution >= 0.6 is 0 Å². The Kier molecular flexibility index (Phi) is 8.10. The summed E-state index contributed by atoms with van der Waals surface area (Å²) in [4.78, 5) is 0. The summed E-state index contributed by atoms with van der Waals surface area (Å²) in [5.41, 5.74) is 12.2. The van der Waals surface area contributed by atoms with Crippen molar-refractivity contribution in [1.29, 1.82) is 0 Å². The second kappa shape index (κ2) is 11.7. The van der Waals surface area contributed by atoms with Gasteiger partial charge in [0.05, 0.1) is 0 Å². The van der Waals surface area contributed by atoms with E-state index in [4.69, 9.17) is 0 Å². The van der Waals surface area contributed by atoms with Gasteiger partial charge in [-0.05, 0) is 0 Å². The van der Waals surface area contributed by atoms with Crippen molar-refractivity contribution >= 4 is 6.48 Å². The number of hydrogen-bond acceptors (Lipinski definition) is 0. The molecule has 4 aromatic rings. The van der Waals surface area contributed by atoms with Gasteiger partial charge in [0, 0.05) is 0 Å². The molecule has 4 aromatic carbocycles. The molecule has 1 heteroatoms. The van der Waals surface area contributed by atoms with Gasteiger partial charge in [-0.2, -0.15) is 0 Å². The minimum absolute atomic E-state index is 0.0821. The Labute approximate surface area is 261 Å². The molecule has 0 saturated heterocycles. The molecule has 2 aliphatic rings. The molecular weight excluding hydrogens is 584 g/mol. The number of allylic oxidation sites excluding steroid dienone is 4. The Balaban J connectivity index is 1.63.